The van der Waals surface area contributed by atoms with Crippen molar-refractivity contribution >= 4 is 23.7 Å². The number of amides is 3. The molecule has 1 heterocycles. The lowest BCUT2D eigenvalue weighted by molar-refractivity contribution is -0.119. The molecule has 10 heteroatoms. The molecule has 0 aliphatic carbocycles. The number of carbonyl (C=O) groups is 2. The van der Waals surface area contributed by atoms with E-state index in [4.69, 9.17) is 10.6 Å². The highest BCUT2D eigenvalue weighted by atomic mass is 32.2. The molecule has 33 heavy (non-hydrogen) atoms. The van der Waals surface area contributed by atoms with Gasteiger partial charge in [-0.1, -0.05) is 75.0 Å². The number of rotatable bonds is 7. The first kappa shape index (κ1) is 24.1. The Balaban J connectivity index is 1.72. The number of nitrogens with zero attached hydrogens (tertiary/aromatic N) is 3. The molecule has 0 spiro atoms. The van der Waals surface area contributed by atoms with E-state index in [9.17, 15) is 9.59 Å². The first-order valence-electron chi connectivity index (χ1n) is 10.4. The van der Waals surface area contributed by atoms with E-state index >= 15 is 0 Å². The van der Waals surface area contributed by atoms with Crippen LogP contribution in [0.4, 0.5) is 4.79 Å². The van der Waals surface area contributed by atoms with Crippen LogP contribution >= 0.6 is 11.8 Å². The Kier molecular flexibility index (Phi) is 7.59. The van der Waals surface area contributed by atoms with Gasteiger partial charge >= 0.3 is 6.03 Å². The minimum atomic E-state index is -0.756. The van der Waals surface area contributed by atoms with E-state index in [0.29, 0.717) is 22.3 Å². The summed E-state index contributed by atoms with van der Waals surface area (Å²) in [6, 6.07) is 16.3. The van der Waals surface area contributed by atoms with Crippen LogP contribution in [-0.2, 0) is 16.8 Å². The van der Waals surface area contributed by atoms with Gasteiger partial charge in [-0.05, 0) is 28.7 Å². The summed E-state index contributed by atoms with van der Waals surface area (Å²) in [5.74, 6) is 6.77. The average molecular weight is 469 g/mol. The van der Waals surface area contributed by atoms with E-state index in [2.05, 4.69) is 41.6 Å². The second-order valence-electron chi connectivity index (χ2n) is 8.31. The van der Waals surface area contributed by atoms with E-state index in [1.165, 1.54) is 17.3 Å². The van der Waals surface area contributed by atoms with Gasteiger partial charge in [0.1, 0.15) is 17.6 Å². The summed E-state index contributed by atoms with van der Waals surface area (Å²) in [7, 11) is 1.44. The maximum absolute atomic E-state index is 12.7. The zero-order valence-electron chi connectivity index (χ0n) is 19.0. The number of nitrogens with one attached hydrogen (secondary N) is 2. The van der Waals surface area contributed by atoms with Gasteiger partial charge in [0.15, 0.2) is 5.82 Å². The zero-order chi connectivity index (χ0) is 24.0. The Morgan fingerprint density at radius 3 is 2.36 bits per heavy atom. The van der Waals surface area contributed by atoms with Gasteiger partial charge in [-0.25, -0.2) is 9.47 Å². The summed E-state index contributed by atoms with van der Waals surface area (Å²) in [6.45, 7) is 6.56. The van der Waals surface area contributed by atoms with Crippen LogP contribution in [0.5, 0.6) is 5.75 Å². The van der Waals surface area contributed by atoms with Crippen LogP contribution in [0.3, 0.4) is 0 Å². The minimum Gasteiger partial charge on any atom is -0.486 e. The fourth-order valence-corrected chi connectivity index (χ4v) is 3.91. The predicted molar refractivity (Wildman–Crippen MR) is 127 cm³/mol. The van der Waals surface area contributed by atoms with Gasteiger partial charge in [-0.3, -0.25) is 10.1 Å². The molecule has 0 unspecified atom stereocenters. The predicted octanol–water partition coefficient (Wildman–Crippen LogP) is 3.16. The van der Waals surface area contributed by atoms with Crippen LogP contribution in [0.15, 0.2) is 59.8 Å². The van der Waals surface area contributed by atoms with Gasteiger partial charge in [0, 0.05) is 7.05 Å². The van der Waals surface area contributed by atoms with Crippen molar-refractivity contribution in [1.82, 2.24) is 25.5 Å². The molecule has 2 aromatic carbocycles. The van der Waals surface area contributed by atoms with E-state index in [-0.39, 0.29) is 12.0 Å². The summed E-state index contributed by atoms with van der Waals surface area (Å²) < 4.78 is 7.10. The third-order valence-corrected chi connectivity index (χ3v) is 6.06. The van der Waals surface area contributed by atoms with Crippen molar-refractivity contribution in [3.05, 3.63) is 71.5 Å². The molecule has 3 aromatic rings. The maximum atomic E-state index is 12.7. The van der Waals surface area contributed by atoms with Gasteiger partial charge in [0.25, 0.3) is 0 Å². The topological polar surface area (TPSA) is 124 Å². The Labute approximate surface area is 197 Å². The van der Waals surface area contributed by atoms with Crippen molar-refractivity contribution in [3.8, 4) is 5.75 Å². The summed E-state index contributed by atoms with van der Waals surface area (Å²) >= 11 is 1.09. The van der Waals surface area contributed by atoms with Gasteiger partial charge in [-0.2, -0.15) is 0 Å². The Morgan fingerprint density at radius 2 is 1.76 bits per heavy atom. The molecule has 0 aliphatic rings. The molecule has 3 rings (SSSR count). The lowest BCUT2D eigenvalue weighted by Crippen LogP contribution is -2.39. The lowest BCUT2D eigenvalue weighted by atomic mass is 9.87. The Hall–Kier alpha value is -3.53. The summed E-state index contributed by atoms with van der Waals surface area (Å²) in [4.78, 5) is 24.4. The van der Waals surface area contributed by atoms with E-state index in [1.54, 1.807) is 12.1 Å². The molecule has 0 saturated heterocycles. The largest absolute Gasteiger partial charge is 0.486 e. The quantitative estimate of drug-likeness (QED) is 0.359. The second-order valence-corrected chi connectivity index (χ2v) is 9.38. The van der Waals surface area contributed by atoms with Crippen molar-refractivity contribution < 1.29 is 14.3 Å². The minimum absolute atomic E-state index is 0.0570. The van der Waals surface area contributed by atoms with Gasteiger partial charge in [0.05, 0.1) is 0 Å². The number of thioether (sulfide) groups is 1. The summed E-state index contributed by atoms with van der Waals surface area (Å²) in [6.07, 6.45) is 0. The maximum Gasteiger partial charge on any atom is 0.321 e. The van der Waals surface area contributed by atoms with Crippen molar-refractivity contribution in [2.75, 3.05) is 12.9 Å². The summed E-state index contributed by atoms with van der Waals surface area (Å²) in [5, 5.41) is 12.4. The Bertz CT molecular complexity index is 1090. The molecule has 0 fully saturated rings. The third kappa shape index (κ3) is 6.26. The number of imide groups is 1. The van der Waals surface area contributed by atoms with Gasteiger partial charge < -0.3 is 15.9 Å². The molecule has 0 aliphatic heterocycles. The van der Waals surface area contributed by atoms with Crippen LogP contribution in [0.1, 0.15) is 43.0 Å². The first-order valence-corrected chi connectivity index (χ1v) is 11.2. The molecular weight excluding hydrogens is 440 g/mol. The number of carbonyl (C=O) groups excluding carboxylic acids is 2. The zero-order valence-corrected chi connectivity index (χ0v) is 19.8. The molecule has 1 atom stereocenters. The van der Waals surface area contributed by atoms with Crippen molar-refractivity contribution in [2.45, 2.75) is 43.2 Å². The van der Waals surface area contributed by atoms with E-state index in [1.807, 2.05) is 42.5 Å². The number of nitrogens with two attached hydrogens (primary N) is 1. The third-order valence-electron chi connectivity index (χ3n) is 4.85. The number of hydrogen-bond acceptors (Lipinski definition) is 7. The fraction of sp³-hybridized carbons (Fsp3) is 0.304. The smallest absolute Gasteiger partial charge is 0.321 e. The highest BCUT2D eigenvalue weighted by molar-refractivity contribution is 8.00. The fourth-order valence-electron chi connectivity index (χ4n) is 2.93. The SMILES string of the molecule is CNC(=O)NC(=O)[C@H](Sc1nnc(COc2ccc(C(C)(C)C)cc2)n1N)c1ccccc1. The first-order chi connectivity index (χ1) is 15.7. The molecule has 4 N–H and O–H groups in total. The number of nitrogen functional groups attached to an aromatic ring is 1. The lowest BCUT2D eigenvalue weighted by Gasteiger charge is -2.19. The standard InChI is InChI=1S/C23H28N6O3S/c1-23(2,3)16-10-12-17(13-11-16)32-14-18-27-28-22(29(18)24)33-19(15-8-6-5-7-9-15)20(30)26-21(31)25-4/h5-13,19H,14,24H2,1-4H3,(H2,25,26,30,31)/t19-/m1/s1. The molecule has 1 aromatic heterocycles. The van der Waals surface area contributed by atoms with Gasteiger partial charge in [-0.15, -0.1) is 10.2 Å². The van der Waals surface area contributed by atoms with Crippen LogP contribution < -0.4 is 21.2 Å². The second kappa shape index (κ2) is 10.4. The van der Waals surface area contributed by atoms with Crippen molar-refractivity contribution in [2.24, 2.45) is 0 Å². The highest BCUT2D eigenvalue weighted by Gasteiger charge is 2.26. The van der Waals surface area contributed by atoms with Crippen LogP contribution in [0.25, 0.3) is 0 Å². The number of ether oxygens (including phenoxy) is 1. The van der Waals surface area contributed by atoms with Crippen LogP contribution in [0, 0.1) is 0 Å². The molecular formula is C23H28N6O3S. The van der Waals surface area contributed by atoms with Crippen molar-refractivity contribution in [1.29, 1.82) is 0 Å². The van der Waals surface area contributed by atoms with Crippen LogP contribution in [-0.4, -0.2) is 33.9 Å². The summed E-state index contributed by atoms with van der Waals surface area (Å²) in [5.41, 5.74) is 1.96. The number of benzene rings is 2. The van der Waals surface area contributed by atoms with Crippen molar-refractivity contribution in [3.63, 3.8) is 0 Å². The van der Waals surface area contributed by atoms with Gasteiger partial charge in [0.2, 0.25) is 11.1 Å². The molecule has 9 nitrogen and oxygen atoms in total. The molecule has 3 amide bonds. The number of urea groups is 1. The highest BCUT2D eigenvalue weighted by Crippen LogP contribution is 2.34. The number of hydrogen-bond donors (Lipinski definition) is 3. The van der Waals surface area contributed by atoms with Crippen LogP contribution in [0.2, 0.25) is 0 Å². The normalized spacial score (nSPS) is 12.1. The molecule has 0 radical (unpaired) electrons. The Morgan fingerprint density at radius 1 is 1.09 bits per heavy atom. The molecule has 0 saturated carbocycles. The van der Waals surface area contributed by atoms with E-state index < -0.39 is 17.2 Å². The number of aromatic nitrogens is 3. The molecule has 174 valence electrons. The monoisotopic (exact) mass is 468 g/mol. The van der Waals surface area contributed by atoms with E-state index in [0.717, 1.165) is 11.8 Å². The average Bonchev–Trinajstić information content (AvgIpc) is 3.15. The molecule has 0 bridgehead atoms.